The summed E-state index contributed by atoms with van der Waals surface area (Å²) in [6.07, 6.45) is 3.57. The van der Waals surface area contributed by atoms with Crippen LogP contribution in [0.15, 0.2) is 43.1 Å². The summed E-state index contributed by atoms with van der Waals surface area (Å²) in [6.45, 7) is 3.58. The molecule has 1 aromatic carbocycles. The lowest BCUT2D eigenvalue weighted by Gasteiger charge is -2.05. The van der Waals surface area contributed by atoms with E-state index in [1.54, 1.807) is 36.5 Å². The number of aromatic nitrogens is 1. The van der Waals surface area contributed by atoms with Crippen molar-refractivity contribution < 1.29 is 15.0 Å². The van der Waals surface area contributed by atoms with Gasteiger partial charge < -0.3 is 10.2 Å². The van der Waals surface area contributed by atoms with Gasteiger partial charge in [-0.1, -0.05) is 6.08 Å². The summed E-state index contributed by atoms with van der Waals surface area (Å²) in [5.41, 5.74) is 0.858. The number of carboxylic acid groups (broad SMARTS) is 1. The molecule has 0 amide bonds. The molecule has 19 heavy (non-hydrogen) atoms. The molecule has 0 radical (unpaired) electrons. The van der Waals surface area contributed by atoms with Crippen LogP contribution in [0.2, 0.25) is 0 Å². The van der Waals surface area contributed by atoms with Crippen molar-refractivity contribution in [3.05, 3.63) is 48.0 Å². The predicted octanol–water partition coefficient (Wildman–Crippen LogP) is 3.26. The highest BCUT2D eigenvalue weighted by Gasteiger charge is 2.21. The molecule has 0 aliphatic rings. The van der Waals surface area contributed by atoms with Crippen molar-refractivity contribution in [2.75, 3.05) is 0 Å². The highest BCUT2D eigenvalue weighted by Crippen LogP contribution is 2.32. The van der Waals surface area contributed by atoms with E-state index < -0.39 is 11.9 Å². The molecule has 0 saturated heterocycles. The van der Waals surface area contributed by atoms with E-state index in [0.717, 1.165) is 10.6 Å². The van der Waals surface area contributed by atoms with E-state index in [1.165, 1.54) is 11.3 Å². The van der Waals surface area contributed by atoms with Gasteiger partial charge in [-0.2, -0.15) is 0 Å². The lowest BCUT2D eigenvalue weighted by Crippen LogP contribution is -2.08. The molecule has 0 aliphatic carbocycles. The van der Waals surface area contributed by atoms with Gasteiger partial charge in [-0.15, -0.1) is 17.9 Å². The number of nitrogens with zero attached hydrogens (tertiary/aromatic N) is 1. The fourth-order valence-electron chi connectivity index (χ4n) is 1.69. The first-order valence-electron chi connectivity index (χ1n) is 5.70. The van der Waals surface area contributed by atoms with Gasteiger partial charge in [0, 0.05) is 16.6 Å². The van der Waals surface area contributed by atoms with Crippen LogP contribution in [0.5, 0.6) is 5.75 Å². The van der Waals surface area contributed by atoms with Crippen LogP contribution in [-0.4, -0.2) is 21.2 Å². The number of aromatic hydroxyl groups is 1. The van der Waals surface area contributed by atoms with E-state index in [-0.39, 0.29) is 5.75 Å². The fourth-order valence-corrected chi connectivity index (χ4v) is 2.72. The summed E-state index contributed by atoms with van der Waals surface area (Å²) >= 11 is 1.35. The Bertz CT molecular complexity index is 589. The Labute approximate surface area is 114 Å². The third kappa shape index (κ3) is 3.00. The molecule has 5 heteroatoms. The second kappa shape index (κ2) is 5.67. The van der Waals surface area contributed by atoms with Crippen LogP contribution in [0.25, 0.3) is 10.6 Å². The number of allylic oxidation sites excluding steroid dienone is 1. The molecule has 2 rings (SSSR count). The summed E-state index contributed by atoms with van der Waals surface area (Å²) in [4.78, 5) is 16.1. The number of hydrogen-bond donors (Lipinski definition) is 2. The molecule has 0 fully saturated rings. The van der Waals surface area contributed by atoms with Gasteiger partial charge in [0.15, 0.2) is 0 Å². The second-order valence-corrected chi connectivity index (χ2v) is 5.09. The van der Waals surface area contributed by atoms with Crippen LogP contribution in [-0.2, 0) is 4.79 Å². The number of phenolic OH excluding ortho intramolecular Hbond substituents is 1. The van der Waals surface area contributed by atoms with Gasteiger partial charge in [0.1, 0.15) is 10.8 Å². The lowest BCUT2D eigenvalue weighted by molar-refractivity contribution is -0.138. The van der Waals surface area contributed by atoms with Crippen LogP contribution >= 0.6 is 11.3 Å². The quantitative estimate of drug-likeness (QED) is 0.822. The Morgan fingerprint density at radius 2 is 2.11 bits per heavy atom. The minimum absolute atomic E-state index is 0.190. The standard InChI is InChI=1S/C14H13NO3S/c1-2-3-11(14(17)18)12-8-15-13(19-12)9-4-6-10(16)7-5-9/h2,4-8,11,16H,1,3H2,(H,17,18). The first kappa shape index (κ1) is 13.3. The highest BCUT2D eigenvalue weighted by atomic mass is 32.1. The average molecular weight is 275 g/mol. The van der Waals surface area contributed by atoms with Crippen molar-refractivity contribution in [3.8, 4) is 16.3 Å². The third-order valence-corrected chi connectivity index (χ3v) is 3.84. The zero-order valence-corrected chi connectivity index (χ0v) is 10.9. The van der Waals surface area contributed by atoms with Gasteiger partial charge in [0.05, 0.1) is 5.92 Å². The summed E-state index contributed by atoms with van der Waals surface area (Å²) < 4.78 is 0. The van der Waals surface area contributed by atoms with Gasteiger partial charge in [0.25, 0.3) is 0 Å². The molecule has 0 saturated carbocycles. The summed E-state index contributed by atoms with van der Waals surface area (Å²) in [5, 5.41) is 19.1. The number of aliphatic carboxylic acids is 1. The van der Waals surface area contributed by atoms with Crippen molar-refractivity contribution in [1.82, 2.24) is 4.98 Å². The van der Waals surface area contributed by atoms with Gasteiger partial charge in [-0.25, -0.2) is 4.98 Å². The van der Waals surface area contributed by atoms with Gasteiger partial charge in [0.2, 0.25) is 0 Å². The normalized spacial score (nSPS) is 12.0. The minimum Gasteiger partial charge on any atom is -0.508 e. The minimum atomic E-state index is -0.874. The fraction of sp³-hybridized carbons (Fsp3) is 0.143. The van der Waals surface area contributed by atoms with Crippen molar-refractivity contribution >= 4 is 17.3 Å². The van der Waals surface area contributed by atoms with Gasteiger partial charge in [-0.3, -0.25) is 4.79 Å². The molecule has 1 heterocycles. The zero-order valence-electron chi connectivity index (χ0n) is 10.1. The number of phenols is 1. The van der Waals surface area contributed by atoms with Crippen LogP contribution in [0.1, 0.15) is 17.2 Å². The average Bonchev–Trinajstić information content (AvgIpc) is 2.85. The maximum atomic E-state index is 11.2. The lowest BCUT2D eigenvalue weighted by atomic mass is 10.1. The Balaban J connectivity index is 2.29. The highest BCUT2D eigenvalue weighted by molar-refractivity contribution is 7.15. The molecular weight excluding hydrogens is 262 g/mol. The zero-order chi connectivity index (χ0) is 13.8. The number of carbonyl (C=O) groups is 1. The second-order valence-electron chi connectivity index (χ2n) is 4.03. The number of rotatable bonds is 5. The molecule has 1 unspecified atom stereocenters. The van der Waals surface area contributed by atoms with E-state index in [4.69, 9.17) is 0 Å². The SMILES string of the molecule is C=CCC(C(=O)O)c1cnc(-c2ccc(O)cc2)s1. The molecule has 98 valence electrons. The van der Waals surface area contributed by atoms with E-state index >= 15 is 0 Å². The van der Waals surface area contributed by atoms with E-state index in [2.05, 4.69) is 11.6 Å². The Hall–Kier alpha value is -2.14. The topological polar surface area (TPSA) is 70.4 Å². The Morgan fingerprint density at radius 3 is 2.68 bits per heavy atom. The number of thiazole rings is 1. The van der Waals surface area contributed by atoms with Crippen molar-refractivity contribution in [2.45, 2.75) is 12.3 Å². The largest absolute Gasteiger partial charge is 0.508 e. The van der Waals surface area contributed by atoms with Crippen LogP contribution in [0.4, 0.5) is 0 Å². The molecule has 0 spiro atoms. The van der Waals surface area contributed by atoms with Gasteiger partial charge in [-0.05, 0) is 30.7 Å². The van der Waals surface area contributed by atoms with Crippen LogP contribution in [0.3, 0.4) is 0 Å². The smallest absolute Gasteiger partial charge is 0.312 e. The Kier molecular flexibility index (Phi) is 3.97. The number of hydrogen-bond acceptors (Lipinski definition) is 4. The predicted molar refractivity (Wildman–Crippen MR) is 74.4 cm³/mol. The summed E-state index contributed by atoms with van der Waals surface area (Å²) in [7, 11) is 0. The first-order valence-corrected chi connectivity index (χ1v) is 6.52. The van der Waals surface area contributed by atoms with Crippen LogP contribution in [0, 0.1) is 0 Å². The first-order chi connectivity index (χ1) is 9.11. The van der Waals surface area contributed by atoms with E-state index in [1.807, 2.05) is 0 Å². The summed E-state index contributed by atoms with van der Waals surface area (Å²) in [6, 6.07) is 6.66. The molecule has 1 aromatic heterocycles. The monoisotopic (exact) mass is 275 g/mol. The third-order valence-electron chi connectivity index (χ3n) is 2.68. The van der Waals surface area contributed by atoms with E-state index in [0.29, 0.717) is 11.3 Å². The maximum Gasteiger partial charge on any atom is 0.312 e. The molecule has 2 aromatic rings. The molecule has 2 N–H and O–H groups in total. The Morgan fingerprint density at radius 1 is 1.42 bits per heavy atom. The molecule has 0 bridgehead atoms. The molecule has 1 atom stereocenters. The van der Waals surface area contributed by atoms with Crippen LogP contribution < -0.4 is 0 Å². The molecular formula is C14H13NO3S. The maximum absolute atomic E-state index is 11.2. The van der Waals surface area contributed by atoms with E-state index in [9.17, 15) is 15.0 Å². The van der Waals surface area contributed by atoms with Crippen molar-refractivity contribution in [2.24, 2.45) is 0 Å². The number of carboxylic acids is 1. The molecule has 0 aliphatic heterocycles. The van der Waals surface area contributed by atoms with Crippen molar-refractivity contribution in [1.29, 1.82) is 0 Å². The van der Waals surface area contributed by atoms with Gasteiger partial charge >= 0.3 is 5.97 Å². The van der Waals surface area contributed by atoms with Crippen molar-refractivity contribution in [3.63, 3.8) is 0 Å². The summed E-state index contributed by atoms with van der Waals surface area (Å²) in [5.74, 6) is -1.28. The number of benzene rings is 1. The molecule has 4 nitrogen and oxygen atoms in total.